The van der Waals surface area contributed by atoms with Crippen molar-refractivity contribution in [1.82, 2.24) is 0 Å². The van der Waals surface area contributed by atoms with Crippen molar-refractivity contribution in [2.24, 2.45) is 0 Å². The smallest absolute Gasteiger partial charge is 0.870 e. The first-order valence-electron chi connectivity index (χ1n) is 0.218. The van der Waals surface area contributed by atoms with Gasteiger partial charge in [0.05, 0.1) is 0 Å². The van der Waals surface area contributed by atoms with Gasteiger partial charge in [0.2, 0.25) is 0 Å². The van der Waals surface area contributed by atoms with Crippen molar-refractivity contribution in [1.29, 1.82) is 0 Å². The molecule has 31 valence electrons. The molecule has 0 saturated carbocycles. The molecule has 0 fully saturated rings. The topological polar surface area (TPSA) is 90.0 Å². The minimum absolute atomic E-state index is 0. The standard InChI is InChI=1S/FH.3H2O.Y/h1H;3*1H2;/q;;;;+4/p-4. The Morgan fingerprint density at radius 1 is 0.800 bits per heavy atom. The molecule has 0 aliphatic heterocycles. The second-order valence-corrected chi connectivity index (χ2v) is 0. The summed E-state index contributed by atoms with van der Waals surface area (Å²) in [4.78, 5) is 0. The van der Waals surface area contributed by atoms with Gasteiger partial charge in [-0.15, -0.1) is 0 Å². The Labute approximate surface area is 50.1 Å². The van der Waals surface area contributed by atoms with Crippen molar-refractivity contribution in [3.63, 3.8) is 0 Å². The molecule has 0 heterocycles. The second kappa shape index (κ2) is 90.1. The van der Waals surface area contributed by atoms with E-state index >= 15 is 0 Å². The summed E-state index contributed by atoms with van der Waals surface area (Å²) in [6.07, 6.45) is 0. The molecule has 0 saturated heterocycles. The average molecular weight is 159 g/mol. The summed E-state index contributed by atoms with van der Waals surface area (Å²) in [6.45, 7) is 0. The van der Waals surface area contributed by atoms with Gasteiger partial charge in [0.25, 0.3) is 0 Å². The van der Waals surface area contributed by atoms with Gasteiger partial charge in [0.1, 0.15) is 0 Å². The zero-order valence-corrected chi connectivity index (χ0v) is 5.14. The Kier molecular flexibility index (Phi) is 703. The van der Waals surface area contributed by atoms with Crippen molar-refractivity contribution in [3.05, 3.63) is 0 Å². The predicted octanol–water partition coefficient (Wildman–Crippen LogP) is -0.113. The van der Waals surface area contributed by atoms with Crippen LogP contribution in [0.25, 0.3) is 0 Å². The molecule has 5 heavy (non-hydrogen) atoms. The van der Waals surface area contributed by atoms with E-state index < -0.39 is 0 Å². The van der Waals surface area contributed by atoms with Gasteiger partial charge in [-0.1, -0.05) is 0 Å². The van der Waals surface area contributed by atoms with Gasteiger partial charge < -0.3 is 16.4 Å². The summed E-state index contributed by atoms with van der Waals surface area (Å²) in [7, 11) is 0. The van der Waals surface area contributed by atoms with Gasteiger partial charge in [-0.05, 0) is 0 Å². The fourth-order valence-electron chi connectivity index (χ4n) is 0. The molecule has 0 aromatic carbocycles. The SMILES string of the molecule is [F][Y+3].[OH-].[OH-].[OH-]. The number of hydrogen-bond donors (Lipinski definition) is 0. The molecular formula is H3FO3Y. The zero-order chi connectivity index (χ0) is 2.00. The van der Waals surface area contributed by atoms with Crippen LogP contribution in [0.3, 0.4) is 0 Å². The Morgan fingerprint density at radius 3 is 0.800 bits per heavy atom. The van der Waals surface area contributed by atoms with Gasteiger partial charge in [-0.3, -0.25) is 0 Å². The third kappa shape index (κ3) is 50.0. The van der Waals surface area contributed by atoms with E-state index in [1.54, 1.807) is 0 Å². The molecule has 0 spiro atoms. The van der Waals surface area contributed by atoms with E-state index in [1.165, 1.54) is 0 Å². The monoisotopic (exact) mass is 159 g/mol. The quantitative estimate of drug-likeness (QED) is 0.493. The molecule has 0 radical (unpaired) electrons. The first kappa shape index (κ1) is 39.0. The van der Waals surface area contributed by atoms with Crippen LogP contribution in [0.4, 0.5) is 1.92 Å². The van der Waals surface area contributed by atoms with Crippen LogP contribution < -0.4 is 0 Å². The third-order valence-corrected chi connectivity index (χ3v) is 0. The van der Waals surface area contributed by atoms with E-state index in [0.29, 0.717) is 0 Å². The Hall–Kier alpha value is 0.914. The number of halogens is 1. The largest absolute Gasteiger partial charge is 0.870 e. The van der Waals surface area contributed by atoms with Crippen molar-refractivity contribution in [2.45, 2.75) is 0 Å². The molecule has 0 rings (SSSR count). The van der Waals surface area contributed by atoms with Crippen LogP contribution in [-0.4, -0.2) is 16.4 Å². The summed E-state index contributed by atoms with van der Waals surface area (Å²) in [5.74, 6) is 0. The van der Waals surface area contributed by atoms with Crippen LogP contribution in [0.1, 0.15) is 0 Å². The molecule has 0 aromatic rings. The van der Waals surface area contributed by atoms with Gasteiger partial charge >= 0.3 is 33.6 Å². The molecule has 0 amide bonds. The zero-order valence-electron chi connectivity index (χ0n) is 2.30. The van der Waals surface area contributed by atoms with E-state index in [2.05, 4.69) is 0 Å². The fraction of sp³-hybridized carbons (Fsp3) is 0. The van der Waals surface area contributed by atoms with Gasteiger partial charge in [0, 0.05) is 0 Å². The van der Waals surface area contributed by atoms with E-state index in [1.807, 2.05) is 0 Å². The van der Waals surface area contributed by atoms with Crippen molar-refractivity contribution in [3.8, 4) is 0 Å². The summed E-state index contributed by atoms with van der Waals surface area (Å²) in [5, 5.41) is 0. The summed E-state index contributed by atoms with van der Waals surface area (Å²) in [5.41, 5.74) is 0. The molecule has 0 atom stereocenters. The van der Waals surface area contributed by atoms with Gasteiger partial charge in [0.15, 0.2) is 0 Å². The van der Waals surface area contributed by atoms with E-state index in [0.717, 1.165) is 0 Å². The average Bonchev–Trinajstić information content (AvgIpc) is 1.00. The summed E-state index contributed by atoms with van der Waals surface area (Å²) >= 11 is -0.150. The third-order valence-electron chi connectivity index (χ3n) is 0. The van der Waals surface area contributed by atoms with E-state index in [9.17, 15) is 1.92 Å². The molecule has 0 aliphatic carbocycles. The van der Waals surface area contributed by atoms with Crippen LogP contribution >= 0.6 is 0 Å². The molecule has 3 N–H and O–H groups in total. The minimum atomic E-state index is -0.150. The molecule has 0 bridgehead atoms. The molecule has 3 nitrogen and oxygen atoms in total. The minimum Gasteiger partial charge on any atom is -0.870 e. The van der Waals surface area contributed by atoms with Gasteiger partial charge in [-0.2, -0.15) is 0 Å². The summed E-state index contributed by atoms with van der Waals surface area (Å²) in [6, 6.07) is 0. The fourth-order valence-corrected chi connectivity index (χ4v) is 0. The van der Waals surface area contributed by atoms with Crippen LogP contribution in [0, 0.1) is 0 Å². The Balaban J connectivity index is -0.00000000167. The second-order valence-electron chi connectivity index (χ2n) is 0. The van der Waals surface area contributed by atoms with Crippen LogP contribution in [0.15, 0.2) is 0 Å². The van der Waals surface area contributed by atoms with Crippen LogP contribution in [0.2, 0.25) is 0 Å². The van der Waals surface area contributed by atoms with Crippen molar-refractivity contribution in [2.75, 3.05) is 0 Å². The molecule has 0 aliphatic rings. The molecular weight excluding hydrogens is 156 g/mol. The van der Waals surface area contributed by atoms with Crippen molar-refractivity contribution >= 4 is 0 Å². The van der Waals surface area contributed by atoms with Crippen LogP contribution in [0.5, 0.6) is 0 Å². The molecule has 5 heteroatoms. The summed E-state index contributed by atoms with van der Waals surface area (Å²) < 4.78 is 9.63. The maximum absolute atomic E-state index is 9.63. The molecule has 0 unspecified atom stereocenters. The van der Waals surface area contributed by atoms with Crippen molar-refractivity contribution < 1.29 is 50.0 Å². The first-order valence-corrected chi connectivity index (χ1v) is 1.29. The predicted molar refractivity (Wildman–Crippen MR) is 6.92 cm³/mol. The van der Waals surface area contributed by atoms with Crippen LogP contribution in [-0.2, 0) is 31.7 Å². The number of rotatable bonds is 0. The first-order chi connectivity index (χ1) is 1.00. The Morgan fingerprint density at radius 2 is 0.800 bits per heavy atom. The molecule has 0 aromatic heterocycles. The normalized spacial score (nSPS) is 1.40. The van der Waals surface area contributed by atoms with E-state index in [4.69, 9.17) is 0 Å². The maximum Gasteiger partial charge on any atom is -0.870 e. The Bertz CT molecular complexity index is 6.85. The van der Waals surface area contributed by atoms with E-state index in [-0.39, 0.29) is 48.1 Å². The maximum atomic E-state index is 9.63. The number of hydrogen-bond acceptors (Lipinski definition) is 3. The van der Waals surface area contributed by atoms with Gasteiger partial charge in [-0.25, -0.2) is 0 Å².